The largest absolute Gasteiger partial charge is 0.509 e. The normalized spacial score (nSPS) is 20.8. The van der Waals surface area contributed by atoms with Crippen molar-refractivity contribution in [2.75, 3.05) is 19.9 Å². The number of aliphatic hydroxyl groups excluding tert-OH is 2. The number of aliphatic hydroxyl groups is 2. The standard InChI is InChI=1S/C17H21ClN2O5/c1-10-3-4-12(18)11(2)13(10)14-15(22)17(5-7-19(24)8-6-17)20(16(14)23)25-9-21/h3-4,21-22,24H,5-9H2,1-2H3. The number of piperidine rings is 1. The molecule has 1 aromatic rings. The number of carbonyl (C=O) groups is 1. The van der Waals surface area contributed by atoms with E-state index in [4.69, 9.17) is 16.4 Å². The molecule has 1 aromatic carbocycles. The number of carbonyl (C=O) groups excluding carboxylic acids is 1. The molecule has 0 aliphatic carbocycles. The van der Waals surface area contributed by atoms with Gasteiger partial charge in [-0.3, -0.25) is 4.79 Å². The lowest BCUT2D eigenvalue weighted by molar-refractivity contribution is -0.253. The third-order valence-corrected chi connectivity index (χ3v) is 5.49. The van der Waals surface area contributed by atoms with E-state index in [1.54, 1.807) is 19.1 Å². The van der Waals surface area contributed by atoms with Gasteiger partial charge in [-0.2, -0.15) is 5.06 Å². The summed E-state index contributed by atoms with van der Waals surface area (Å²) in [6, 6.07) is 3.53. The first-order valence-corrected chi connectivity index (χ1v) is 8.43. The molecule has 0 bridgehead atoms. The Morgan fingerprint density at radius 3 is 2.52 bits per heavy atom. The average Bonchev–Trinajstić information content (AvgIpc) is 2.77. The zero-order valence-corrected chi connectivity index (χ0v) is 14.9. The van der Waals surface area contributed by atoms with Gasteiger partial charge in [0.25, 0.3) is 5.91 Å². The maximum absolute atomic E-state index is 13.0. The summed E-state index contributed by atoms with van der Waals surface area (Å²) in [5, 5.41) is 32.6. The van der Waals surface area contributed by atoms with Crippen LogP contribution < -0.4 is 0 Å². The first-order chi connectivity index (χ1) is 11.8. The lowest BCUT2D eigenvalue weighted by Crippen LogP contribution is -2.54. The molecule has 0 saturated carbocycles. The second-order valence-electron chi connectivity index (χ2n) is 6.43. The molecule has 1 saturated heterocycles. The summed E-state index contributed by atoms with van der Waals surface area (Å²) < 4.78 is 0. The van der Waals surface area contributed by atoms with E-state index < -0.39 is 18.2 Å². The first-order valence-electron chi connectivity index (χ1n) is 8.05. The van der Waals surface area contributed by atoms with Gasteiger partial charge in [0.2, 0.25) is 0 Å². The number of hydroxylamine groups is 4. The number of nitrogens with zero attached hydrogens (tertiary/aromatic N) is 2. The summed E-state index contributed by atoms with van der Waals surface area (Å²) in [6.07, 6.45) is 0.562. The summed E-state index contributed by atoms with van der Waals surface area (Å²) in [5.74, 6) is -0.626. The van der Waals surface area contributed by atoms with Crippen LogP contribution in [0.4, 0.5) is 0 Å². The Bertz CT molecular complexity index is 741. The molecular weight excluding hydrogens is 348 g/mol. The third-order valence-electron chi connectivity index (χ3n) is 5.08. The Labute approximate surface area is 150 Å². The summed E-state index contributed by atoms with van der Waals surface area (Å²) in [4.78, 5) is 18.2. The molecule has 136 valence electrons. The average molecular weight is 369 g/mol. The molecule has 1 fully saturated rings. The second kappa shape index (κ2) is 6.59. The van der Waals surface area contributed by atoms with Crippen LogP contribution in [0.25, 0.3) is 5.57 Å². The van der Waals surface area contributed by atoms with Crippen molar-refractivity contribution < 1.29 is 25.1 Å². The smallest absolute Gasteiger partial charge is 0.282 e. The number of halogens is 1. The summed E-state index contributed by atoms with van der Waals surface area (Å²) in [6.45, 7) is 3.47. The lowest BCUT2D eigenvalue weighted by atomic mass is 9.85. The minimum Gasteiger partial charge on any atom is -0.509 e. The predicted octanol–water partition coefficient (Wildman–Crippen LogP) is 2.17. The minimum absolute atomic E-state index is 0.104. The first kappa shape index (κ1) is 18.2. The van der Waals surface area contributed by atoms with Crippen LogP contribution in [-0.4, -0.2) is 56.9 Å². The van der Waals surface area contributed by atoms with Crippen LogP contribution in [0.15, 0.2) is 17.9 Å². The molecular formula is C17H21ClN2O5. The van der Waals surface area contributed by atoms with Crippen LogP contribution in [0.2, 0.25) is 5.02 Å². The zero-order valence-electron chi connectivity index (χ0n) is 14.1. The van der Waals surface area contributed by atoms with Gasteiger partial charge in [-0.05, 0) is 49.4 Å². The summed E-state index contributed by atoms with van der Waals surface area (Å²) in [7, 11) is 0. The van der Waals surface area contributed by atoms with Crippen LogP contribution in [0.3, 0.4) is 0 Å². The van der Waals surface area contributed by atoms with Gasteiger partial charge in [0.1, 0.15) is 11.3 Å². The van der Waals surface area contributed by atoms with Crippen molar-refractivity contribution >= 4 is 23.1 Å². The monoisotopic (exact) mass is 368 g/mol. The van der Waals surface area contributed by atoms with Crippen molar-refractivity contribution in [3.05, 3.63) is 39.6 Å². The lowest BCUT2D eigenvalue weighted by Gasteiger charge is -2.41. The quantitative estimate of drug-likeness (QED) is 0.708. The molecule has 2 heterocycles. The number of benzene rings is 1. The third kappa shape index (κ3) is 2.72. The Morgan fingerprint density at radius 1 is 1.28 bits per heavy atom. The minimum atomic E-state index is -1.10. The van der Waals surface area contributed by atoms with Gasteiger partial charge >= 0.3 is 0 Å². The van der Waals surface area contributed by atoms with Crippen molar-refractivity contribution in [3.63, 3.8) is 0 Å². The van der Waals surface area contributed by atoms with E-state index in [0.29, 0.717) is 16.1 Å². The molecule has 3 N–H and O–H groups in total. The molecule has 2 aliphatic rings. The van der Waals surface area contributed by atoms with Gasteiger partial charge in [-0.25, -0.2) is 9.90 Å². The fourth-order valence-corrected chi connectivity index (χ4v) is 3.86. The van der Waals surface area contributed by atoms with E-state index >= 15 is 0 Å². The topological polar surface area (TPSA) is 93.5 Å². The van der Waals surface area contributed by atoms with Crippen LogP contribution in [0.1, 0.15) is 29.5 Å². The molecule has 2 aliphatic heterocycles. The number of rotatable bonds is 3. The number of aryl methyl sites for hydroxylation is 1. The Morgan fingerprint density at radius 2 is 1.92 bits per heavy atom. The van der Waals surface area contributed by atoms with Crippen molar-refractivity contribution in [2.45, 2.75) is 32.2 Å². The molecule has 1 spiro atoms. The highest BCUT2D eigenvalue weighted by molar-refractivity contribution is 6.32. The van der Waals surface area contributed by atoms with Crippen molar-refractivity contribution in [1.82, 2.24) is 10.1 Å². The van der Waals surface area contributed by atoms with E-state index in [1.165, 1.54) is 0 Å². The van der Waals surface area contributed by atoms with Crippen LogP contribution >= 0.6 is 11.6 Å². The maximum Gasteiger partial charge on any atom is 0.282 e. The molecule has 0 radical (unpaired) electrons. The second-order valence-corrected chi connectivity index (χ2v) is 6.84. The molecule has 25 heavy (non-hydrogen) atoms. The van der Waals surface area contributed by atoms with E-state index in [0.717, 1.165) is 15.7 Å². The van der Waals surface area contributed by atoms with E-state index in [-0.39, 0.29) is 37.3 Å². The Balaban J connectivity index is 2.18. The molecule has 3 rings (SSSR count). The molecule has 0 aromatic heterocycles. The fourth-order valence-electron chi connectivity index (χ4n) is 3.70. The Hall–Kier alpha value is -1.64. The molecule has 1 amide bonds. The highest BCUT2D eigenvalue weighted by Crippen LogP contribution is 2.46. The van der Waals surface area contributed by atoms with E-state index in [1.807, 2.05) is 6.92 Å². The maximum atomic E-state index is 13.0. The van der Waals surface area contributed by atoms with Gasteiger partial charge in [-0.15, -0.1) is 0 Å². The zero-order chi connectivity index (χ0) is 18.4. The van der Waals surface area contributed by atoms with Gasteiger partial charge in [0, 0.05) is 18.1 Å². The van der Waals surface area contributed by atoms with E-state index in [2.05, 4.69) is 0 Å². The van der Waals surface area contributed by atoms with Gasteiger partial charge in [0.05, 0.1) is 5.57 Å². The van der Waals surface area contributed by atoms with Crippen molar-refractivity contribution in [3.8, 4) is 0 Å². The van der Waals surface area contributed by atoms with Crippen molar-refractivity contribution in [2.24, 2.45) is 0 Å². The van der Waals surface area contributed by atoms with Crippen LogP contribution in [-0.2, 0) is 9.63 Å². The molecule has 7 nitrogen and oxygen atoms in total. The molecule has 0 unspecified atom stereocenters. The predicted molar refractivity (Wildman–Crippen MR) is 90.8 cm³/mol. The highest BCUT2D eigenvalue weighted by Gasteiger charge is 2.55. The molecule has 0 atom stereocenters. The fraction of sp³-hybridized carbons (Fsp3) is 0.471. The number of hydrogen-bond donors (Lipinski definition) is 3. The summed E-state index contributed by atoms with van der Waals surface area (Å²) >= 11 is 6.21. The van der Waals surface area contributed by atoms with Gasteiger partial charge in [-0.1, -0.05) is 17.7 Å². The van der Waals surface area contributed by atoms with Crippen LogP contribution in [0.5, 0.6) is 0 Å². The van der Waals surface area contributed by atoms with E-state index in [9.17, 15) is 20.2 Å². The number of amides is 1. The summed E-state index contributed by atoms with van der Waals surface area (Å²) in [5.41, 5.74) is 1.10. The molecule has 8 heteroatoms. The van der Waals surface area contributed by atoms with Gasteiger partial charge in [0.15, 0.2) is 6.79 Å². The Kier molecular flexibility index (Phi) is 4.78. The van der Waals surface area contributed by atoms with Crippen LogP contribution in [0, 0.1) is 13.8 Å². The SMILES string of the molecule is Cc1ccc(Cl)c(C)c1C1=C(O)C2(CCN(O)CC2)N(OCO)C1=O. The highest BCUT2D eigenvalue weighted by atomic mass is 35.5. The number of hydrogen-bond acceptors (Lipinski definition) is 6. The van der Waals surface area contributed by atoms with Gasteiger partial charge < -0.3 is 15.4 Å². The van der Waals surface area contributed by atoms with Crippen molar-refractivity contribution in [1.29, 1.82) is 0 Å².